The van der Waals surface area contributed by atoms with Crippen molar-refractivity contribution in [3.8, 4) is 0 Å². The van der Waals surface area contributed by atoms with Crippen LogP contribution in [0.1, 0.15) is 34.1 Å². The molecule has 1 atom stereocenters. The van der Waals surface area contributed by atoms with Crippen molar-refractivity contribution in [1.82, 2.24) is 5.32 Å². The normalized spacial score (nSPS) is 13.5. The number of rotatable bonds is 3. The highest BCUT2D eigenvalue weighted by atomic mass is 16.2. The molecule has 0 spiro atoms. The standard InChI is InChI=1S/C9H18N2O2/c1-6(9(2,3)4)11-8(13)5-7(10)12/h6H,5H2,1-4H3,(H2,10,12)(H,11,13)/t6-/m1/s1. The minimum Gasteiger partial charge on any atom is -0.369 e. The van der Waals surface area contributed by atoms with Gasteiger partial charge in [0, 0.05) is 6.04 Å². The van der Waals surface area contributed by atoms with Crippen LogP contribution < -0.4 is 11.1 Å². The molecule has 0 aromatic carbocycles. The molecule has 4 nitrogen and oxygen atoms in total. The average Bonchev–Trinajstić information content (AvgIpc) is 1.82. The molecule has 0 radical (unpaired) electrons. The molecule has 3 N–H and O–H groups in total. The lowest BCUT2D eigenvalue weighted by molar-refractivity contribution is -0.128. The Labute approximate surface area is 78.9 Å². The van der Waals surface area contributed by atoms with E-state index in [1.165, 1.54) is 0 Å². The number of primary amides is 1. The van der Waals surface area contributed by atoms with Gasteiger partial charge in [0.05, 0.1) is 0 Å². The quantitative estimate of drug-likeness (QED) is 0.627. The molecular formula is C9H18N2O2. The first-order valence-corrected chi connectivity index (χ1v) is 4.31. The van der Waals surface area contributed by atoms with Gasteiger partial charge < -0.3 is 11.1 Å². The lowest BCUT2D eigenvalue weighted by Crippen LogP contribution is -2.42. The van der Waals surface area contributed by atoms with Gasteiger partial charge in [-0.25, -0.2) is 0 Å². The number of amides is 2. The monoisotopic (exact) mass is 186 g/mol. The van der Waals surface area contributed by atoms with Gasteiger partial charge >= 0.3 is 0 Å². The minimum atomic E-state index is -0.599. The van der Waals surface area contributed by atoms with E-state index in [1.54, 1.807) is 0 Å². The van der Waals surface area contributed by atoms with E-state index >= 15 is 0 Å². The number of carbonyl (C=O) groups is 2. The van der Waals surface area contributed by atoms with Crippen LogP contribution in [0.3, 0.4) is 0 Å². The second kappa shape index (κ2) is 4.25. The fraction of sp³-hybridized carbons (Fsp3) is 0.778. The van der Waals surface area contributed by atoms with Crippen LogP contribution >= 0.6 is 0 Å². The SMILES string of the molecule is C[C@@H](NC(=O)CC(N)=O)C(C)(C)C. The maximum Gasteiger partial charge on any atom is 0.229 e. The minimum absolute atomic E-state index is 0.00664. The molecule has 0 aliphatic heterocycles. The van der Waals surface area contributed by atoms with E-state index in [0.29, 0.717) is 0 Å². The fourth-order valence-corrected chi connectivity index (χ4v) is 0.667. The topological polar surface area (TPSA) is 72.2 Å². The Morgan fingerprint density at radius 1 is 1.38 bits per heavy atom. The molecule has 0 saturated heterocycles. The molecule has 4 heteroatoms. The summed E-state index contributed by atoms with van der Waals surface area (Å²) in [7, 11) is 0. The van der Waals surface area contributed by atoms with Crippen molar-refractivity contribution >= 4 is 11.8 Å². The van der Waals surface area contributed by atoms with Crippen LogP contribution in [0.15, 0.2) is 0 Å². The first-order chi connectivity index (χ1) is 5.73. The lowest BCUT2D eigenvalue weighted by Gasteiger charge is -2.27. The van der Waals surface area contributed by atoms with Crippen LogP contribution in [0.25, 0.3) is 0 Å². The molecule has 0 aromatic rings. The smallest absolute Gasteiger partial charge is 0.229 e. The Hall–Kier alpha value is -1.06. The van der Waals surface area contributed by atoms with Crippen molar-refractivity contribution in [2.24, 2.45) is 11.1 Å². The summed E-state index contributed by atoms with van der Waals surface area (Å²) >= 11 is 0. The van der Waals surface area contributed by atoms with E-state index in [1.807, 2.05) is 27.7 Å². The van der Waals surface area contributed by atoms with E-state index < -0.39 is 5.91 Å². The van der Waals surface area contributed by atoms with Gasteiger partial charge in [0.25, 0.3) is 0 Å². The largest absolute Gasteiger partial charge is 0.369 e. The van der Waals surface area contributed by atoms with Crippen molar-refractivity contribution in [3.05, 3.63) is 0 Å². The van der Waals surface area contributed by atoms with Gasteiger partial charge in [0.2, 0.25) is 11.8 Å². The van der Waals surface area contributed by atoms with Gasteiger partial charge in [0.1, 0.15) is 6.42 Å². The Kier molecular flexibility index (Phi) is 3.91. The van der Waals surface area contributed by atoms with Gasteiger partial charge in [-0.3, -0.25) is 9.59 Å². The molecule has 0 aromatic heterocycles. The molecule has 0 fully saturated rings. The third-order valence-electron chi connectivity index (χ3n) is 2.01. The second-order valence-corrected chi connectivity index (χ2v) is 4.30. The van der Waals surface area contributed by atoms with Crippen LogP contribution in [0, 0.1) is 5.41 Å². The summed E-state index contributed by atoms with van der Waals surface area (Å²) in [6.45, 7) is 7.95. The number of hydrogen-bond donors (Lipinski definition) is 2. The van der Waals surface area contributed by atoms with Gasteiger partial charge in [-0.1, -0.05) is 20.8 Å². The second-order valence-electron chi connectivity index (χ2n) is 4.30. The zero-order valence-corrected chi connectivity index (χ0v) is 8.68. The predicted molar refractivity (Wildman–Crippen MR) is 50.9 cm³/mol. The van der Waals surface area contributed by atoms with E-state index in [-0.39, 0.29) is 23.8 Å². The molecule has 0 rings (SSSR count). The molecule has 2 amide bonds. The molecule has 0 unspecified atom stereocenters. The highest BCUT2D eigenvalue weighted by Gasteiger charge is 2.21. The fourth-order valence-electron chi connectivity index (χ4n) is 0.667. The number of carbonyl (C=O) groups excluding carboxylic acids is 2. The maximum absolute atomic E-state index is 11.1. The molecule has 0 aliphatic carbocycles. The first kappa shape index (κ1) is 11.9. The van der Waals surface area contributed by atoms with Gasteiger partial charge in [-0.05, 0) is 12.3 Å². The summed E-state index contributed by atoms with van der Waals surface area (Å²) in [4.78, 5) is 21.5. The summed E-state index contributed by atoms with van der Waals surface area (Å²) < 4.78 is 0. The van der Waals surface area contributed by atoms with Crippen LogP contribution in [-0.2, 0) is 9.59 Å². The van der Waals surface area contributed by atoms with E-state index in [9.17, 15) is 9.59 Å². The Bertz CT molecular complexity index is 206. The summed E-state index contributed by atoms with van der Waals surface area (Å²) in [5.41, 5.74) is 4.87. The van der Waals surface area contributed by atoms with Gasteiger partial charge in [0.15, 0.2) is 0 Å². The molecule has 76 valence electrons. The third-order valence-corrected chi connectivity index (χ3v) is 2.01. The van der Waals surface area contributed by atoms with Crippen LogP contribution in [0.4, 0.5) is 0 Å². The van der Waals surface area contributed by atoms with Crippen LogP contribution in [0.2, 0.25) is 0 Å². The van der Waals surface area contributed by atoms with Gasteiger partial charge in [-0.15, -0.1) is 0 Å². The lowest BCUT2D eigenvalue weighted by atomic mass is 9.88. The van der Waals surface area contributed by atoms with E-state index in [4.69, 9.17) is 5.73 Å². The summed E-state index contributed by atoms with van der Waals surface area (Å²) in [6.07, 6.45) is -0.236. The number of nitrogens with two attached hydrogens (primary N) is 1. The number of nitrogens with one attached hydrogen (secondary N) is 1. The zero-order valence-electron chi connectivity index (χ0n) is 8.68. The molecule has 0 aliphatic rings. The average molecular weight is 186 g/mol. The summed E-state index contributed by atoms with van der Waals surface area (Å²) in [5, 5.41) is 2.71. The number of hydrogen-bond acceptors (Lipinski definition) is 2. The van der Waals surface area contributed by atoms with Crippen molar-refractivity contribution in [1.29, 1.82) is 0 Å². The zero-order chi connectivity index (χ0) is 10.6. The Morgan fingerprint density at radius 2 is 1.85 bits per heavy atom. The van der Waals surface area contributed by atoms with Crippen molar-refractivity contribution in [2.75, 3.05) is 0 Å². The highest BCUT2D eigenvalue weighted by Crippen LogP contribution is 2.18. The van der Waals surface area contributed by atoms with E-state index in [2.05, 4.69) is 5.32 Å². The predicted octanol–water partition coefficient (Wildman–Crippen LogP) is 0.413. The van der Waals surface area contributed by atoms with Crippen LogP contribution in [-0.4, -0.2) is 17.9 Å². The summed E-state index contributed by atoms with van der Waals surface area (Å²) in [6, 6.07) is 0.0272. The molecule has 13 heavy (non-hydrogen) atoms. The van der Waals surface area contributed by atoms with E-state index in [0.717, 1.165) is 0 Å². The van der Waals surface area contributed by atoms with Crippen LogP contribution in [0.5, 0.6) is 0 Å². The Balaban J connectivity index is 4.00. The third kappa shape index (κ3) is 5.22. The molecule has 0 bridgehead atoms. The van der Waals surface area contributed by atoms with Crippen molar-refractivity contribution in [2.45, 2.75) is 40.2 Å². The Morgan fingerprint density at radius 3 is 2.15 bits per heavy atom. The summed E-state index contributed by atoms with van der Waals surface area (Å²) in [5.74, 6) is -0.909. The van der Waals surface area contributed by atoms with Gasteiger partial charge in [-0.2, -0.15) is 0 Å². The maximum atomic E-state index is 11.1. The van der Waals surface area contributed by atoms with Crippen molar-refractivity contribution in [3.63, 3.8) is 0 Å². The first-order valence-electron chi connectivity index (χ1n) is 4.31. The highest BCUT2D eigenvalue weighted by molar-refractivity contribution is 5.96. The molecule has 0 saturated carbocycles. The molecular weight excluding hydrogens is 168 g/mol. The molecule has 0 heterocycles. The van der Waals surface area contributed by atoms with Crippen molar-refractivity contribution < 1.29 is 9.59 Å².